The molecule has 8 aromatic rings. The third-order valence-electron chi connectivity index (χ3n) is 9.49. The molecule has 1 aliphatic heterocycles. The smallest absolute Gasteiger partial charge is 0.167 e. The minimum atomic E-state index is -0.582. The zero-order chi connectivity index (χ0) is 31.0. The highest BCUT2D eigenvalue weighted by Crippen LogP contribution is 2.64. The van der Waals surface area contributed by atoms with Gasteiger partial charge in [0.05, 0.1) is 11.0 Å². The van der Waals surface area contributed by atoms with E-state index in [1.165, 1.54) is 32.3 Å². The van der Waals surface area contributed by atoms with Crippen LogP contribution in [0.3, 0.4) is 0 Å². The van der Waals surface area contributed by atoms with Crippen LogP contribution in [0.25, 0.3) is 55.4 Å². The molecule has 4 nitrogen and oxygen atoms in total. The number of thiophene rings is 1. The van der Waals surface area contributed by atoms with E-state index >= 15 is 0 Å². The largest absolute Gasteiger partial charge is 0.456 e. The van der Waals surface area contributed by atoms with Gasteiger partial charge in [0.25, 0.3) is 0 Å². The van der Waals surface area contributed by atoms with Crippen LogP contribution in [0.2, 0.25) is 0 Å². The van der Waals surface area contributed by atoms with E-state index in [0.29, 0.717) is 17.5 Å². The molecule has 3 heterocycles. The lowest BCUT2D eigenvalue weighted by Gasteiger charge is -2.40. The Morgan fingerprint density at radius 1 is 0.468 bits per heavy atom. The van der Waals surface area contributed by atoms with Crippen LogP contribution in [0.1, 0.15) is 22.3 Å². The maximum absolute atomic E-state index is 6.95. The minimum Gasteiger partial charge on any atom is -0.456 e. The molecule has 220 valence electrons. The second-order valence-corrected chi connectivity index (χ2v) is 12.9. The molecule has 5 heteroatoms. The van der Waals surface area contributed by atoms with Crippen LogP contribution >= 0.6 is 11.3 Å². The average molecular weight is 620 g/mol. The molecule has 0 saturated carbocycles. The van der Waals surface area contributed by atoms with Gasteiger partial charge in [-0.3, -0.25) is 0 Å². The highest BCUT2D eigenvalue weighted by atomic mass is 32.1. The van der Waals surface area contributed by atoms with Gasteiger partial charge in [-0.15, -0.1) is 11.3 Å². The molecule has 2 aromatic heterocycles. The van der Waals surface area contributed by atoms with Gasteiger partial charge >= 0.3 is 0 Å². The lowest BCUT2D eigenvalue weighted by atomic mass is 9.65. The molecule has 0 bridgehead atoms. The Morgan fingerprint density at radius 2 is 1.09 bits per heavy atom. The summed E-state index contributed by atoms with van der Waals surface area (Å²) in [7, 11) is 0. The van der Waals surface area contributed by atoms with E-state index in [1.54, 1.807) is 0 Å². The molecular weight excluding hydrogens is 595 g/mol. The molecule has 47 heavy (non-hydrogen) atoms. The van der Waals surface area contributed by atoms with Crippen LogP contribution in [0, 0.1) is 0 Å². The van der Waals surface area contributed by atoms with Crippen LogP contribution in [0.4, 0.5) is 0 Å². The third-order valence-corrected chi connectivity index (χ3v) is 10.4. The summed E-state index contributed by atoms with van der Waals surface area (Å²) < 4.78 is 8.26. The van der Waals surface area contributed by atoms with Crippen molar-refractivity contribution in [3.8, 4) is 56.8 Å². The van der Waals surface area contributed by atoms with Crippen molar-refractivity contribution in [2.45, 2.75) is 5.41 Å². The molecule has 0 radical (unpaired) electrons. The van der Waals surface area contributed by atoms with Gasteiger partial charge in [-0.05, 0) is 45.7 Å². The standard InChI is InChI=1S/C42H25N3OS/c1-3-12-27(13-4-1)39-43-40(28-14-5-2-6-15-28)45-41(44-39)30-17-11-20-34-37(30)46-35-21-10-9-19-32(35)42(34)31-18-8-7-16-29(31)36-33(42)23-22-26-24-25-47-38(26)36/h1-25H. The van der Waals surface area contributed by atoms with Gasteiger partial charge in [-0.25, -0.2) is 15.0 Å². The second-order valence-electron chi connectivity index (χ2n) is 11.9. The molecule has 0 N–H and O–H groups in total. The third kappa shape index (κ3) is 3.72. The Kier molecular flexibility index (Phi) is 5.63. The van der Waals surface area contributed by atoms with Gasteiger partial charge in [0.1, 0.15) is 11.5 Å². The highest BCUT2D eigenvalue weighted by Gasteiger charge is 2.52. The molecule has 0 saturated heterocycles. The molecule has 1 atom stereocenters. The molecule has 10 rings (SSSR count). The van der Waals surface area contributed by atoms with Gasteiger partial charge in [-0.1, -0.05) is 127 Å². The number of hydrogen-bond acceptors (Lipinski definition) is 5. The van der Waals surface area contributed by atoms with E-state index in [1.807, 2.05) is 78.1 Å². The van der Waals surface area contributed by atoms with E-state index in [2.05, 4.69) is 84.2 Å². The molecule has 1 aliphatic carbocycles. The Morgan fingerprint density at radius 3 is 1.85 bits per heavy atom. The van der Waals surface area contributed by atoms with E-state index in [9.17, 15) is 0 Å². The van der Waals surface area contributed by atoms with Crippen molar-refractivity contribution in [2.24, 2.45) is 0 Å². The van der Waals surface area contributed by atoms with E-state index in [0.717, 1.165) is 39.3 Å². The van der Waals surface area contributed by atoms with Crippen molar-refractivity contribution in [3.63, 3.8) is 0 Å². The summed E-state index contributed by atoms with van der Waals surface area (Å²) in [6, 6.07) is 50.7. The SMILES string of the molecule is c1ccc(-c2nc(-c3ccccc3)nc(-c3cccc4c3Oc3ccccc3C43c4ccccc4-c4c3ccc3ccsc43)n2)cc1. The summed E-state index contributed by atoms with van der Waals surface area (Å²) in [6.45, 7) is 0. The van der Waals surface area contributed by atoms with Gasteiger partial charge in [0.2, 0.25) is 0 Å². The Balaban J connectivity index is 1.29. The van der Waals surface area contributed by atoms with Gasteiger partial charge < -0.3 is 4.74 Å². The quantitative estimate of drug-likeness (QED) is 0.197. The van der Waals surface area contributed by atoms with Crippen LogP contribution in [0.15, 0.2) is 151 Å². The number of benzene rings is 6. The van der Waals surface area contributed by atoms with Crippen molar-refractivity contribution < 1.29 is 4.74 Å². The van der Waals surface area contributed by atoms with Gasteiger partial charge in [0, 0.05) is 32.5 Å². The first kappa shape index (κ1) is 26.3. The normalized spacial score (nSPS) is 15.5. The highest BCUT2D eigenvalue weighted by molar-refractivity contribution is 7.17. The molecule has 6 aromatic carbocycles. The summed E-state index contributed by atoms with van der Waals surface area (Å²) in [4.78, 5) is 15.1. The second kappa shape index (κ2) is 10.0. The number of fused-ring (bicyclic) bond motifs is 11. The number of rotatable bonds is 3. The maximum atomic E-state index is 6.95. The van der Waals surface area contributed by atoms with Crippen molar-refractivity contribution >= 4 is 21.4 Å². The first-order valence-corrected chi connectivity index (χ1v) is 16.6. The Labute approximate surface area is 275 Å². The summed E-state index contributed by atoms with van der Waals surface area (Å²) in [5.41, 5.74) is 9.43. The fourth-order valence-electron chi connectivity index (χ4n) is 7.53. The molecule has 1 unspecified atom stereocenters. The molecule has 0 amide bonds. The topological polar surface area (TPSA) is 47.9 Å². The predicted molar refractivity (Wildman–Crippen MR) is 189 cm³/mol. The number of ether oxygens (including phenoxy) is 1. The average Bonchev–Trinajstić information content (AvgIpc) is 3.74. The predicted octanol–water partition coefficient (Wildman–Crippen LogP) is 10.6. The fourth-order valence-corrected chi connectivity index (χ4v) is 8.49. The Hall–Kier alpha value is -5.91. The molecule has 0 fully saturated rings. The van der Waals surface area contributed by atoms with Crippen LogP contribution in [-0.2, 0) is 5.41 Å². The molecular formula is C42H25N3OS. The first-order valence-electron chi connectivity index (χ1n) is 15.7. The number of aromatic nitrogens is 3. The summed E-state index contributed by atoms with van der Waals surface area (Å²) in [5.74, 6) is 3.42. The number of para-hydroxylation sites is 2. The lowest BCUT2D eigenvalue weighted by molar-refractivity contribution is 0.438. The van der Waals surface area contributed by atoms with Crippen molar-refractivity contribution in [1.29, 1.82) is 0 Å². The van der Waals surface area contributed by atoms with Crippen LogP contribution < -0.4 is 4.74 Å². The maximum Gasteiger partial charge on any atom is 0.167 e. The summed E-state index contributed by atoms with van der Waals surface area (Å²) in [6.07, 6.45) is 0. The number of nitrogens with zero attached hydrogens (tertiary/aromatic N) is 3. The van der Waals surface area contributed by atoms with Crippen molar-refractivity contribution in [2.75, 3.05) is 0 Å². The molecule has 1 spiro atoms. The zero-order valence-electron chi connectivity index (χ0n) is 25.1. The summed E-state index contributed by atoms with van der Waals surface area (Å²) in [5, 5.41) is 3.46. The zero-order valence-corrected chi connectivity index (χ0v) is 25.9. The number of hydrogen-bond donors (Lipinski definition) is 0. The Bertz CT molecular complexity index is 2450. The molecule has 2 aliphatic rings. The van der Waals surface area contributed by atoms with Gasteiger partial charge in [0.15, 0.2) is 17.5 Å². The van der Waals surface area contributed by atoms with E-state index < -0.39 is 5.41 Å². The lowest BCUT2D eigenvalue weighted by Crippen LogP contribution is -2.32. The summed E-state index contributed by atoms with van der Waals surface area (Å²) >= 11 is 1.81. The first-order chi connectivity index (χ1) is 23.3. The van der Waals surface area contributed by atoms with Crippen molar-refractivity contribution in [3.05, 3.63) is 173 Å². The van der Waals surface area contributed by atoms with E-state index in [4.69, 9.17) is 19.7 Å². The monoisotopic (exact) mass is 619 g/mol. The van der Waals surface area contributed by atoms with E-state index in [-0.39, 0.29) is 0 Å². The van der Waals surface area contributed by atoms with Crippen molar-refractivity contribution in [1.82, 2.24) is 15.0 Å². The van der Waals surface area contributed by atoms with Crippen LogP contribution in [0.5, 0.6) is 11.5 Å². The minimum absolute atomic E-state index is 0.573. The van der Waals surface area contributed by atoms with Gasteiger partial charge in [-0.2, -0.15) is 0 Å². The fraction of sp³-hybridized carbons (Fsp3) is 0.0238. The van der Waals surface area contributed by atoms with Crippen LogP contribution in [-0.4, -0.2) is 15.0 Å².